The average Bonchev–Trinajstić information content (AvgIpc) is 3.20. The van der Waals surface area contributed by atoms with Gasteiger partial charge in [0.15, 0.2) is 5.60 Å². The number of likely N-dealkylation sites (tertiary alicyclic amines) is 2. The SMILES string of the molecule is CCOc1cc(CN2CC3(CC(N4CCC(C)(C(=O)O)CC4)=NO3)C2)cc(C2(C)CC2(F)F)c1-c1ccc(F)cc1. The van der Waals surface area contributed by atoms with Gasteiger partial charge in [-0.1, -0.05) is 23.4 Å². The van der Waals surface area contributed by atoms with Gasteiger partial charge in [0.1, 0.15) is 17.4 Å². The summed E-state index contributed by atoms with van der Waals surface area (Å²) in [5, 5.41) is 13.9. The molecule has 2 saturated heterocycles. The summed E-state index contributed by atoms with van der Waals surface area (Å²) >= 11 is 0. The average molecular weight is 572 g/mol. The summed E-state index contributed by atoms with van der Waals surface area (Å²) in [6.07, 6.45) is 1.55. The molecule has 1 N–H and O–H groups in total. The number of benzene rings is 2. The third kappa shape index (κ3) is 4.83. The van der Waals surface area contributed by atoms with Crippen molar-refractivity contribution in [1.29, 1.82) is 0 Å². The minimum atomic E-state index is -2.83. The second-order valence-corrected chi connectivity index (χ2v) is 12.6. The minimum absolute atomic E-state index is 0.244. The molecule has 0 radical (unpaired) electrons. The summed E-state index contributed by atoms with van der Waals surface area (Å²) in [5.41, 5.74) is 0.188. The van der Waals surface area contributed by atoms with Crippen LogP contribution in [-0.2, 0) is 21.6 Å². The molecule has 7 nitrogen and oxygen atoms in total. The molecule has 1 spiro atoms. The highest BCUT2D eigenvalue weighted by Crippen LogP contribution is 2.63. The van der Waals surface area contributed by atoms with Gasteiger partial charge in [-0.2, -0.15) is 0 Å². The van der Waals surface area contributed by atoms with Gasteiger partial charge < -0.3 is 19.6 Å². The molecule has 3 heterocycles. The van der Waals surface area contributed by atoms with Crippen molar-refractivity contribution < 1.29 is 32.6 Å². The van der Waals surface area contributed by atoms with Crippen molar-refractivity contribution in [3.05, 3.63) is 53.3 Å². The largest absolute Gasteiger partial charge is 0.493 e. The fraction of sp³-hybridized carbons (Fsp3) is 0.548. The molecular weight excluding hydrogens is 535 g/mol. The Hall–Kier alpha value is -3.27. The summed E-state index contributed by atoms with van der Waals surface area (Å²) in [4.78, 5) is 21.8. The molecule has 1 atom stereocenters. The van der Waals surface area contributed by atoms with Crippen molar-refractivity contribution in [1.82, 2.24) is 9.80 Å². The molecule has 3 aliphatic heterocycles. The molecular formula is C31H36F3N3O4. The lowest BCUT2D eigenvalue weighted by Crippen LogP contribution is -2.61. The standard InChI is InChI=1S/C31H36F3N3O4/c1-4-40-24-14-20(13-23(29(3)17-31(29,33)34)26(24)21-5-7-22(32)8-6-21)16-36-18-30(19-36)15-25(35-41-30)37-11-9-28(2,10-12-37)27(38)39/h5-8,13-14H,4,9-12,15-19H2,1-3H3,(H,38,39). The van der Waals surface area contributed by atoms with Crippen LogP contribution < -0.4 is 4.74 Å². The van der Waals surface area contributed by atoms with Crippen LogP contribution in [0.3, 0.4) is 0 Å². The number of nitrogens with zero attached hydrogens (tertiary/aromatic N) is 3. The molecule has 4 aliphatic rings. The number of hydrogen-bond donors (Lipinski definition) is 1. The molecule has 2 aromatic carbocycles. The number of carboxylic acids is 1. The van der Waals surface area contributed by atoms with Gasteiger partial charge in [0, 0.05) is 44.7 Å². The Morgan fingerprint density at radius 1 is 1.12 bits per heavy atom. The predicted octanol–water partition coefficient (Wildman–Crippen LogP) is 5.66. The van der Waals surface area contributed by atoms with Crippen LogP contribution in [0.1, 0.15) is 57.6 Å². The summed E-state index contributed by atoms with van der Waals surface area (Å²) in [5.74, 6) is -2.59. The van der Waals surface area contributed by atoms with Crippen LogP contribution in [0.4, 0.5) is 13.2 Å². The van der Waals surface area contributed by atoms with Gasteiger partial charge in [0.25, 0.3) is 5.92 Å². The fourth-order valence-electron chi connectivity index (χ4n) is 6.53. The number of hydrogen-bond acceptors (Lipinski definition) is 6. The molecule has 3 fully saturated rings. The molecule has 0 bridgehead atoms. The van der Waals surface area contributed by atoms with E-state index >= 15 is 0 Å². The number of aliphatic carboxylic acids is 1. The van der Waals surface area contributed by atoms with E-state index in [1.165, 1.54) is 12.1 Å². The molecule has 6 rings (SSSR count). The van der Waals surface area contributed by atoms with E-state index in [4.69, 9.17) is 9.57 Å². The van der Waals surface area contributed by atoms with Gasteiger partial charge in [-0.05, 0) is 68.5 Å². The maximum atomic E-state index is 14.7. The van der Waals surface area contributed by atoms with Gasteiger partial charge in [-0.3, -0.25) is 9.69 Å². The third-order valence-electron chi connectivity index (χ3n) is 9.45. The van der Waals surface area contributed by atoms with Crippen LogP contribution in [0.15, 0.2) is 41.6 Å². The van der Waals surface area contributed by atoms with Crippen molar-refractivity contribution in [3.8, 4) is 16.9 Å². The Balaban J connectivity index is 1.17. The fourth-order valence-corrected chi connectivity index (χ4v) is 6.53. The van der Waals surface area contributed by atoms with E-state index in [-0.39, 0.29) is 12.2 Å². The number of rotatable bonds is 7. The molecule has 41 heavy (non-hydrogen) atoms. The van der Waals surface area contributed by atoms with Gasteiger partial charge in [0.2, 0.25) is 0 Å². The highest BCUT2D eigenvalue weighted by atomic mass is 19.3. The number of piperidine rings is 1. The van der Waals surface area contributed by atoms with Crippen molar-refractivity contribution in [2.24, 2.45) is 10.6 Å². The molecule has 1 unspecified atom stereocenters. The first-order chi connectivity index (χ1) is 19.4. The Labute approximate surface area is 237 Å². The summed E-state index contributed by atoms with van der Waals surface area (Å²) in [6, 6.07) is 9.66. The molecule has 0 aromatic heterocycles. The van der Waals surface area contributed by atoms with E-state index in [1.807, 2.05) is 19.1 Å². The van der Waals surface area contributed by atoms with Crippen molar-refractivity contribution >= 4 is 11.8 Å². The van der Waals surface area contributed by atoms with Crippen LogP contribution in [0.5, 0.6) is 5.75 Å². The topological polar surface area (TPSA) is 74.6 Å². The monoisotopic (exact) mass is 571 g/mol. The van der Waals surface area contributed by atoms with E-state index in [9.17, 15) is 23.1 Å². The first-order valence-electron chi connectivity index (χ1n) is 14.3. The Bertz CT molecular complexity index is 1380. The number of oxime groups is 1. The molecule has 2 aromatic rings. The molecule has 10 heteroatoms. The summed E-state index contributed by atoms with van der Waals surface area (Å²) < 4.78 is 49.1. The zero-order valence-corrected chi connectivity index (χ0v) is 23.7. The van der Waals surface area contributed by atoms with Crippen molar-refractivity contribution in [3.63, 3.8) is 0 Å². The summed E-state index contributed by atoms with van der Waals surface area (Å²) in [6.45, 7) is 8.71. The van der Waals surface area contributed by atoms with Crippen molar-refractivity contribution in [2.75, 3.05) is 32.8 Å². The Morgan fingerprint density at radius 2 is 1.78 bits per heavy atom. The van der Waals surface area contributed by atoms with Gasteiger partial charge in [-0.15, -0.1) is 0 Å². The van der Waals surface area contributed by atoms with Crippen LogP contribution >= 0.6 is 0 Å². The highest BCUT2D eigenvalue weighted by Gasteiger charge is 2.69. The van der Waals surface area contributed by atoms with Crippen LogP contribution in [0, 0.1) is 11.2 Å². The van der Waals surface area contributed by atoms with E-state index in [1.54, 1.807) is 26.0 Å². The molecule has 1 saturated carbocycles. The number of alkyl halides is 2. The smallest absolute Gasteiger partial charge is 0.309 e. The maximum Gasteiger partial charge on any atom is 0.309 e. The maximum absolute atomic E-state index is 14.7. The van der Waals surface area contributed by atoms with Gasteiger partial charge >= 0.3 is 5.97 Å². The molecule has 0 amide bonds. The lowest BCUT2D eigenvalue weighted by Gasteiger charge is -2.46. The van der Waals surface area contributed by atoms with E-state index in [0.717, 1.165) is 11.4 Å². The quantitative estimate of drug-likeness (QED) is 0.462. The van der Waals surface area contributed by atoms with Gasteiger partial charge in [-0.25, -0.2) is 13.2 Å². The number of halogens is 3. The second-order valence-electron chi connectivity index (χ2n) is 12.6. The van der Waals surface area contributed by atoms with E-state index in [0.29, 0.717) is 81.0 Å². The minimum Gasteiger partial charge on any atom is -0.493 e. The molecule has 1 aliphatic carbocycles. The van der Waals surface area contributed by atoms with Crippen LogP contribution in [-0.4, -0.2) is 71.0 Å². The first kappa shape index (κ1) is 27.9. The zero-order valence-electron chi connectivity index (χ0n) is 23.7. The van der Waals surface area contributed by atoms with Crippen LogP contribution in [0.25, 0.3) is 11.1 Å². The number of ether oxygens (including phenoxy) is 1. The predicted molar refractivity (Wildman–Crippen MR) is 148 cm³/mol. The lowest BCUT2D eigenvalue weighted by molar-refractivity contribution is -0.150. The highest BCUT2D eigenvalue weighted by molar-refractivity contribution is 5.85. The van der Waals surface area contributed by atoms with E-state index < -0.39 is 28.3 Å². The number of carbonyl (C=O) groups is 1. The lowest BCUT2D eigenvalue weighted by atomic mass is 9.80. The zero-order chi connectivity index (χ0) is 29.2. The second kappa shape index (κ2) is 9.64. The third-order valence-corrected chi connectivity index (χ3v) is 9.45. The van der Waals surface area contributed by atoms with Crippen LogP contribution in [0.2, 0.25) is 0 Å². The van der Waals surface area contributed by atoms with Gasteiger partial charge in [0.05, 0.1) is 23.9 Å². The normalized spacial score (nSPS) is 25.8. The Morgan fingerprint density at radius 3 is 2.37 bits per heavy atom. The number of carboxylic acid groups (broad SMARTS) is 1. The van der Waals surface area contributed by atoms with E-state index in [2.05, 4.69) is 15.0 Å². The Kier molecular flexibility index (Phi) is 6.56. The van der Waals surface area contributed by atoms with Crippen molar-refractivity contribution in [2.45, 2.75) is 69.9 Å². The summed E-state index contributed by atoms with van der Waals surface area (Å²) in [7, 11) is 0. The first-order valence-corrected chi connectivity index (χ1v) is 14.3. The molecule has 220 valence electrons. The number of amidine groups is 1.